The molecule has 0 spiro atoms. The van der Waals surface area contributed by atoms with Gasteiger partial charge in [-0.15, -0.1) is 0 Å². The van der Waals surface area contributed by atoms with E-state index in [1.807, 2.05) is 36.7 Å². The summed E-state index contributed by atoms with van der Waals surface area (Å²) < 4.78 is 15.3. The summed E-state index contributed by atoms with van der Waals surface area (Å²) in [5.41, 5.74) is 8.82. The number of rotatable bonds is 3. The van der Waals surface area contributed by atoms with E-state index in [9.17, 15) is 9.18 Å². The van der Waals surface area contributed by atoms with Crippen molar-refractivity contribution >= 4 is 22.6 Å². The van der Waals surface area contributed by atoms with Crippen LogP contribution in [-0.2, 0) is 11.8 Å². The lowest BCUT2D eigenvalue weighted by Gasteiger charge is -2.19. The number of carbonyl (C=O) groups excluding carboxylic acids is 1. The molecule has 5 nitrogen and oxygen atoms in total. The molecule has 3 aromatic rings. The van der Waals surface area contributed by atoms with Gasteiger partial charge in [-0.3, -0.25) is 4.79 Å². The number of amides is 1. The standard InChI is InChI=1S/C19H21FN4O/c1-11-9-12(5-7-14(11)23-18(25)19(2,3)21)17-22-15-10-13(20)6-8-16(15)24(17)4/h5-10H,21H2,1-4H3,(H,23,25). The molecule has 0 aliphatic rings. The number of nitrogens with zero attached hydrogens (tertiary/aromatic N) is 2. The maximum atomic E-state index is 13.4. The molecule has 0 aliphatic heterocycles. The lowest BCUT2D eigenvalue weighted by Crippen LogP contribution is -2.45. The Hall–Kier alpha value is -2.73. The number of halogens is 1. The van der Waals surface area contributed by atoms with Crippen LogP contribution in [-0.4, -0.2) is 21.0 Å². The van der Waals surface area contributed by atoms with Gasteiger partial charge >= 0.3 is 0 Å². The molecular weight excluding hydrogens is 319 g/mol. The zero-order chi connectivity index (χ0) is 18.4. The summed E-state index contributed by atoms with van der Waals surface area (Å²) in [6.45, 7) is 5.22. The van der Waals surface area contributed by atoms with Crippen molar-refractivity contribution in [2.75, 3.05) is 5.32 Å². The highest BCUT2D eigenvalue weighted by Gasteiger charge is 2.22. The van der Waals surface area contributed by atoms with Crippen LogP contribution < -0.4 is 11.1 Å². The Morgan fingerprint density at radius 2 is 1.96 bits per heavy atom. The fraction of sp³-hybridized carbons (Fsp3) is 0.263. The molecule has 0 radical (unpaired) electrons. The average Bonchev–Trinajstić information content (AvgIpc) is 2.84. The molecule has 0 bridgehead atoms. The largest absolute Gasteiger partial charge is 0.327 e. The molecule has 0 fully saturated rings. The SMILES string of the molecule is Cc1cc(-c2nc3cc(F)ccc3n2C)ccc1NC(=O)C(C)(C)N. The van der Waals surface area contributed by atoms with E-state index in [-0.39, 0.29) is 11.7 Å². The molecule has 3 rings (SSSR count). The normalized spacial score (nSPS) is 11.8. The fourth-order valence-corrected chi connectivity index (χ4v) is 2.66. The highest BCUT2D eigenvalue weighted by molar-refractivity contribution is 5.98. The molecule has 0 unspecified atom stereocenters. The summed E-state index contributed by atoms with van der Waals surface area (Å²) in [5, 5.41) is 2.84. The summed E-state index contributed by atoms with van der Waals surface area (Å²) in [4.78, 5) is 16.6. The maximum absolute atomic E-state index is 13.4. The van der Waals surface area contributed by atoms with Crippen molar-refractivity contribution in [3.05, 3.63) is 47.8 Å². The van der Waals surface area contributed by atoms with Gasteiger partial charge in [0.05, 0.1) is 16.6 Å². The molecular formula is C19H21FN4O. The Labute approximate surface area is 145 Å². The topological polar surface area (TPSA) is 72.9 Å². The summed E-state index contributed by atoms with van der Waals surface area (Å²) in [6, 6.07) is 10.2. The van der Waals surface area contributed by atoms with Gasteiger partial charge in [0.2, 0.25) is 5.91 Å². The third kappa shape index (κ3) is 3.25. The van der Waals surface area contributed by atoms with Crippen molar-refractivity contribution in [3.8, 4) is 11.4 Å². The molecule has 3 N–H and O–H groups in total. The molecule has 25 heavy (non-hydrogen) atoms. The van der Waals surface area contributed by atoms with Crippen LogP contribution in [0.3, 0.4) is 0 Å². The van der Waals surface area contributed by atoms with Gasteiger partial charge in [-0.05, 0) is 56.7 Å². The van der Waals surface area contributed by atoms with E-state index < -0.39 is 5.54 Å². The van der Waals surface area contributed by atoms with Gasteiger partial charge in [-0.2, -0.15) is 0 Å². The van der Waals surface area contributed by atoms with Crippen molar-refractivity contribution in [1.29, 1.82) is 0 Å². The van der Waals surface area contributed by atoms with Gasteiger partial charge in [0, 0.05) is 24.4 Å². The Balaban J connectivity index is 1.98. The zero-order valence-electron chi connectivity index (χ0n) is 14.7. The number of hydrogen-bond acceptors (Lipinski definition) is 3. The first kappa shape index (κ1) is 17.1. The van der Waals surface area contributed by atoms with Crippen LogP contribution in [0.5, 0.6) is 0 Å². The quantitative estimate of drug-likeness (QED) is 0.768. The van der Waals surface area contributed by atoms with E-state index in [4.69, 9.17) is 5.73 Å². The van der Waals surface area contributed by atoms with Crippen molar-refractivity contribution < 1.29 is 9.18 Å². The second-order valence-corrected chi connectivity index (χ2v) is 6.83. The van der Waals surface area contributed by atoms with Crippen molar-refractivity contribution in [2.24, 2.45) is 12.8 Å². The molecule has 0 saturated heterocycles. The lowest BCUT2D eigenvalue weighted by molar-refractivity contribution is -0.120. The molecule has 0 saturated carbocycles. The second kappa shape index (κ2) is 5.97. The van der Waals surface area contributed by atoms with E-state index in [2.05, 4.69) is 10.3 Å². The minimum atomic E-state index is -0.952. The highest BCUT2D eigenvalue weighted by Crippen LogP contribution is 2.27. The van der Waals surface area contributed by atoms with E-state index in [1.165, 1.54) is 12.1 Å². The monoisotopic (exact) mass is 340 g/mol. The predicted octanol–water partition coefficient (Wildman–Crippen LogP) is 3.36. The third-order valence-corrected chi connectivity index (χ3v) is 4.16. The van der Waals surface area contributed by atoms with Crippen LogP contribution in [0.15, 0.2) is 36.4 Å². The minimum absolute atomic E-state index is 0.249. The van der Waals surface area contributed by atoms with E-state index in [0.717, 1.165) is 22.5 Å². The van der Waals surface area contributed by atoms with E-state index in [0.29, 0.717) is 11.2 Å². The number of benzene rings is 2. The molecule has 1 aromatic heterocycles. The first-order valence-electron chi connectivity index (χ1n) is 8.00. The van der Waals surface area contributed by atoms with Crippen molar-refractivity contribution in [2.45, 2.75) is 26.3 Å². The molecule has 0 aliphatic carbocycles. The summed E-state index contributed by atoms with van der Waals surface area (Å²) in [7, 11) is 1.89. The Morgan fingerprint density at radius 3 is 2.60 bits per heavy atom. The second-order valence-electron chi connectivity index (χ2n) is 6.83. The lowest BCUT2D eigenvalue weighted by atomic mass is 10.0. The zero-order valence-corrected chi connectivity index (χ0v) is 14.7. The van der Waals surface area contributed by atoms with E-state index in [1.54, 1.807) is 19.9 Å². The number of imidazole rings is 1. The number of carbonyl (C=O) groups is 1. The number of aryl methyl sites for hydroxylation is 2. The number of nitrogens with two attached hydrogens (primary N) is 1. The van der Waals surface area contributed by atoms with Crippen LogP contribution in [0.2, 0.25) is 0 Å². The van der Waals surface area contributed by atoms with Crippen LogP contribution in [0.1, 0.15) is 19.4 Å². The number of anilines is 1. The molecule has 1 amide bonds. The molecule has 1 heterocycles. The number of hydrogen-bond donors (Lipinski definition) is 2. The molecule has 2 aromatic carbocycles. The van der Waals surface area contributed by atoms with E-state index >= 15 is 0 Å². The van der Waals surface area contributed by atoms with Crippen molar-refractivity contribution in [3.63, 3.8) is 0 Å². The maximum Gasteiger partial charge on any atom is 0.243 e. The fourth-order valence-electron chi connectivity index (χ4n) is 2.66. The number of aromatic nitrogens is 2. The van der Waals surface area contributed by atoms with Crippen LogP contribution in [0, 0.1) is 12.7 Å². The number of fused-ring (bicyclic) bond motifs is 1. The van der Waals surface area contributed by atoms with Crippen LogP contribution >= 0.6 is 0 Å². The highest BCUT2D eigenvalue weighted by atomic mass is 19.1. The van der Waals surface area contributed by atoms with Crippen molar-refractivity contribution in [1.82, 2.24) is 9.55 Å². The first-order valence-corrected chi connectivity index (χ1v) is 8.00. The van der Waals surface area contributed by atoms with Gasteiger partial charge in [-0.1, -0.05) is 0 Å². The predicted molar refractivity (Wildman–Crippen MR) is 97.7 cm³/mol. The van der Waals surface area contributed by atoms with Gasteiger partial charge in [0.25, 0.3) is 0 Å². The Kier molecular flexibility index (Phi) is 4.08. The molecule has 0 atom stereocenters. The minimum Gasteiger partial charge on any atom is -0.327 e. The van der Waals surface area contributed by atoms with Gasteiger partial charge < -0.3 is 15.6 Å². The average molecular weight is 340 g/mol. The van der Waals surface area contributed by atoms with Gasteiger partial charge in [-0.25, -0.2) is 9.37 Å². The van der Waals surface area contributed by atoms with Gasteiger partial charge in [0.1, 0.15) is 11.6 Å². The summed E-state index contributed by atoms with van der Waals surface area (Å²) in [6.07, 6.45) is 0. The third-order valence-electron chi connectivity index (χ3n) is 4.16. The van der Waals surface area contributed by atoms with Gasteiger partial charge in [0.15, 0.2) is 0 Å². The smallest absolute Gasteiger partial charge is 0.243 e. The molecule has 130 valence electrons. The van der Waals surface area contributed by atoms with Crippen LogP contribution in [0.4, 0.5) is 10.1 Å². The Morgan fingerprint density at radius 1 is 1.24 bits per heavy atom. The van der Waals surface area contributed by atoms with Crippen LogP contribution in [0.25, 0.3) is 22.4 Å². The summed E-state index contributed by atoms with van der Waals surface area (Å²) >= 11 is 0. The molecule has 6 heteroatoms. The summed E-state index contributed by atoms with van der Waals surface area (Å²) in [5.74, 6) is 0.179. The number of nitrogens with one attached hydrogen (secondary N) is 1. The first-order chi connectivity index (χ1) is 11.7. The Bertz CT molecular complexity index is 969.